The predicted molar refractivity (Wildman–Crippen MR) is 53.5 cm³/mol. The Morgan fingerprint density at radius 2 is 2.42 bits per heavy atom. The lowest BCUT2D eigenvalue weighted by molar-refractivity contribution is 0.217. The molecule has 1 heterocycles. The number of hydrogen-bond donors (Lipinski definition) is 1. The maximum absolute atomic E-state index is 9.06. The van der Waals surface area contributed by atoms with Gasteiger partial charge in [-0.3, -0.25) is 0 Å². The zero-order chi connectivity index (χ0) is 8.81. The van der Waals surface area contributed by atoms with E-state index in [4.69, 9.17) is 5.11 Å². The van der Waals surface area contributed by atoms with E-state index >= 15 is 0 Å². The normalized spacial score (nSPS) is 13.2. The molecule has 0 aromatic carbocycles. The molecule has 0 fully saturated rings. The maximum Gasteiger partial charge on any atom is 0.0462 e. The van der Waals surface area contributed by atoms with E-state index in [1.54, 1.807) is 11.3 Å². The molecule has 0 spiro atoms. The second-order valence-corrected chi connectivity index (χ2v) is 3.95. The van der Waals surface area contributed by atoms with Gasteiger partial charge in [0.25, 0.3) is 0 Å². The summed E-state index contributed by atoms with van der Waals surface area (Å²) in [4.78, 5) is 0. The van der Waals surface area contributed by atoms with Crippen LogP contribution >= 0.6 is 11.3 Å². The van der Waals surface area contributed by atoms with Crippen molar-refractivity contribution in [2.24, 2.45) is 5.92 Å². The fourth-order valence-electron chi connectivity index (χ4n) is 1.41. The Hall–Kier alpha value is -0.340. The van der Waals surface area contributed by atoms with Gasteiger partial charge in [-0.05, 0) is 41.1 Å². The summed E-state index contributed by atoms with van der Waals surface area (Å²) in [5.41, 5.74) is 1.37. The van der Waals surface area contributed by atoms with Gasteiger partial charge < -0.3 is 5.11 Å². The van der Waals surface area contributed by atoms with Crippen LogP contribution in [0.2, 0.25) is 0 Å². The molecule has 0 aliphatic heterocycles. The molecule has 0 aliphatic rings. The Morgan fingerprint density at radius 1 is 1.58 bits per heavy atom. The van der Waals surface area contributed by atoms with Crippen LogP contribution in [-0.4, -0.2) is 11.7 Å². The van der Waals surface area contributed by atoms with Crippen LogP contribution in [0.1, 0.15) is 25.3 Å². The highest BCUT2D eigenvalue weighted by molar-refractivity contribution is 7.07. The summed E-state index contributed by atoms with van der Waals surface area (Å²) >= 11 is 1.73. The van der Waals surface area contributed by atoms with Gasteiger partial charge in [0.05, 0.1) is 0 Å². The lowest BCUT2D eigenvalue weighted by atomic mass is 9.98. The standard InChI is InChI=1S/C10H16OS/c1-2-3-9(7-11)6-10-4-5-12-8-10/h4-5,8-9,11H,2-3,6-7H2,1H3. The number of rotatable bonds is 5. The van der Waals surface area contributed by atoms with Crippen molar-refractivity contribution >= 4 is 11.3 Å². The van der Waals surface area contributed by atoms with E-state index in [2.05, 4.69) is 23.8 Å². The van der Waals surface area contributed by atoms with Crippen molar-refractivity contribution in [3.8, 4) is 0 Å². The zero-order valence-electron chi connectivity index (χ0n) is 7.49. The van der Waals surface area contributed by atoms with Crippen LogP contribution in [0, 0.1) is 5.92 Å². The van der Waals surface area contributed by atoms with Crippen LogP contribution in [0.3, 0.4) is 0 Å². The summed E-state index contributed by atoms with van der Waals surface area (Å²) in [5.74, 6) is 0.463. The van der Waals surface area contributed by atoms with Crippen LogP contribution in [0.15, 0.2) is 16.8 Å². The van der Waals surface area contributed by atoms with E-state index in [9.17, 15) is 0 Å². The minimum atomic E-state index is 0.323. The van der Waals surface area contributed by atoms with E-state index in [0.717, 1.165) is 19.3 Å². The predicted octanol–water partition coefficient (Wildman–Crippen LogP) is 2.70. The van der Waals surface area contributed by atoms with E-state index in [1.807, 2.05) is 0 Å². The first-order chi connectivity index (χ1) is 5.86. The summed E-state index contributed by atoms with van der Waals surface area (Å²) in [6.45, 7) is 2.49. The summed E-state index contributed by atoms with van der Waals surface area (Å²) in [6, 6.07) is 2.14. The summed E-state index contributed by atoms with van der Waals surface area (Å²) in [5, 5.41) is 13.3. The number of thiophene rings is 1. The summed E-state index contributed by atoms with van der Waals surface area (Å²) < 4.78 is 0. The third kappa shape index (κ3) is 2.95. The first-order valence-electron chi connectivity index (χ1n) is 4.48. The SMILES string of the molecule is CCCC(CO)Cc1ccsc1. The monoisotopic (exact) mass is 184 g/mol. The third-order valence-electron chi connectivity index (χ3n) is 2.06. The number of hydrogen-bond acceptors (Lipinski definition) is 2. The highest BCUT2D eigenvalue weighted by Gasteiger charge is 2.06. The average molecular weight is 184 g/mol. The molecule has 0 radical (unpaired) electrons. The van der Waals surface area contributed by atoms with Gasteiger partial charge in [0.2, 0.25) is 0 Å². The smallest absolute Gasteiger partial charge is 0.0462 e. The largest absolute Gasteiger partial charge is 0.396 e. The lowest BCUT2D eigenvalue weighted by Crippen LogP contribution is -2.08. The Bertz CT molecular complexity index is 194. The molecule has 1 atom stereocenters. The summed E-state index contributed by atoms with van der Waals surface area (Å²) in [7, 11) is 0. The van der Waals surface area contributed by atoms with Gasteiger partial charge in [-0.25, -0.2) is 0 Å². The van der Waals surface area contributed by atoms with E-state index in [0.29, 0.717) is 12.5 Å². The van der Waals surface area contributed by atoms with Crippen molar-refractivity contribution in [2.75, 3.05) is 6.61 Å². The maximum atomic E-state index is 9.06. The van der Waals surface area contributed by atoms with Crippen LogP contribution in [0.4, 0.5) is 0 Å². The van der Waals surface area contributed by atoms with E-state index in [-0.39, 0.29) is 0 Å². The Balaban J connectivity index is 2.37. The van der Waals surface area contributed by atoms with Crippen molar-refractivity contribution in [3.63, 3.8) is 0 Å². The number of aliphatic hydroxyl groups is 1. The second kappa shape index (κ2) is 5.33. The molecule has 1 aromatic rings. The molecule has 0 bridgehead atoms. The molecule has 1 nitrogen and oxygen atoms in total. The van der Waals surface area contributed by atoms with Gasteiger partial charge >= 0.3 is 0 Å². The highest BCUT2D eigenvalue weighted by atomic mass is 32.1. The van der Waals surface area contributed by atoms with Crippen LogP contribution in [0.25, 0.3) is 0 Å². The van der Waals surface area contributed by atoms with Gasteiger partial charge in [0.1, 0.15) is 0 Å². The van der Waals surface area contributed by atoms with Gasteiger partial charge in [-0.2, -0.15) is 11.3 Å². The molecule has 1 N–H and O–H groups in total. The van der Waals surface area contributed by atoms with E-state index in [1.165, 1.54) is 5.56 Å². The van der Waals surface area contributed by atoms with Gasteiger partial charge in [0, 0.05) is 6.61 Å². The van der Waals surface area contributed by atoms with Crippen molar-refractivity contribution in [2.45, 2.75) is 26.2 Å². The molecule has 0 amide bonds. The molecule has 0 saturated carbocycles. The molecular formula is C10H16OS. The fraction of sp³-hybridized carbons (Fsp3) is 0.600. The average Bonchev–Trinajstić information content (AvgIpc) is 2.56. The quantitative estimate of drug-likeness (QED) is 0.746. The van der Waals surface area contributed by atoms with Gasteiger partial charge in [-0.15, -0.1) is 0 Å². The van der Waals surface area contributed by atoms with Crippen LogP contribution < -0.4 is 0 Å². The van der Waals surface area contributed by atoms with Crippen LogP contribution in [0.5, 0.6) is 0 Å². The Labute approximate surface area is 78.1 Å². The molecular weight excluding hydrogens is 168 g/mol. The fourth-order valence-corrected chi connectivity index (χ4v) is 2.09. The van der Waals surface area contributed by atoms with Crippen molar-refractivity contribution in [1.29, 1.82) is 0 Å². The molecule has 68 valence electrons. The number of aliphatic hydroxyl groups excluding tert-OH is 1. The molecule has 2 heteroatoms. The molecule has 0 saturated heterocycles. The molecule has 0 aliphatic carbocycles. The zero-order valence-corrected chi connectivity index (χ0v) is 8.31. The van der Waals surface area contributed by atoms with Gasteiger partial charge in [-0.1, -0.05) is 13.3 Å². The van der Waals surface area contributed by atoms with Crippen LogP contribution in [-0.2, 0) is 6.42 Å². The van der Waals surface area contributed by atoms with E-state index < -0.39 is 0 Å². The molecule has 12 heavy (non-hydrogen) atoms. The first-order valence-corrected chi connectivity index (χ1v) is 5.43. The minimum Gasteiger partial charge on any atom is -0.396 e. The van der Waals surface area contributed by atoms with Gasteiger partial charge in [0.15, 0.2) is 0 Å². The minimum absolute atomic E-state index is 0.323. The highest BCUT2D eigenvalue weighted by Crippen LogP contribution is 2.15. The van der Waals surface area contributed by atoms with Crippen molar-refractivity contribution in [1.82, 2.24) is 0 Å². The second-order valence-electron chi connectivity index (χ2n) is 3.17. The summed E-state index contributed by atoms with van der Waals surface area (Å²) in [6.07, 6.45) is 3.33. The van der Waals surface area contributed by atoms with Crippen molar-refractivity contribution in [3.05, 3.63) is 22.4 Å². The Kier molecular flexibility index (Phi) is 4.33. The molecule has 1 rings (SSSR count). The first kappa shape index (κ1) is 9.75. The van der Waals surface area contributed by atoms with Crippen molar-refractivity contribution < 1.29 is 5.11 Å². The lowest BCUT2D eigenvalue weighted by Gasteiger charge is -2.10. The topological polar surface area (TPSA) is 20.2 Å². The molecule has 1 aromatic heterocycles. The Morgan fingerprint density at radius 3 is 2.92 bits per heavy atom. The molecule has 1 unspecified atom stereocenters. The third-order valence-corrected chi connectivity index (χ3v) is 2.79.